The van der Waals surface area contributed by atoms with E-state index in [0.717, 1.165) is 25.9 Å². The Hall–Kier alpha value is -1.39. The molecule has 0 aromatic heterocycles. The maximum atomic E-state index is 13.2. The lowest BCUT2D eigenvalue weighted by Crippen LogP contribution is -2.64. The fourth-order valence-electron chi connectivity index (χ4n) is 5.30. The zero-order valence-electron chi connectivity index (χ0n) is 14.5. The number of hydrogen-bond acceptors (Lipinski definition) is 3. The van der Waals surface area contributed by atoms with Crippen molar-refractivity contribution in [2.75, 3.05) is 13.1 Å². The predicted octanol–water partition coefficient (Wildman–Crippen LogP) is 2.25. The van der Waals surface area contributed by atoms with Gasteiger partial charge in [0, 0.05) is 29.3 Å². The Balaban J connectivity index is 1.90. The summed E-state index contributed by atoms with van der Waals surface area (Å²) in [5.74, 6) is -0.289. The van der Waals surface area contributed by atoms with Gasteiger partial charge in [0.1, 0.15) is 0 Å². The zero-order valence-corrected chi connectivity index (χ0v) is 14.5. The number of amides is 3. The Kier molecular flexibility index (Phi) is 3.81. The average Bonchev–Trinajstić information content (AvgIpc) is 2.72. The highest BCUT2D eigenvalue weighted by Gasteiger charge is 2.61. The number of piperidine rings is 1. The Morgan fingerprint density at radius 3 is 1.83 bits per heavy atom. The van der Waals surface area contributed by atoms with Gasteiger partial charge in [-0.2, -0.15) is 0 Å². The summed E-state index contributed by atoms with van der Waals surface area (Å²) in [4.78, 5) is 39.9. The van der Waals surface area contributed by atoms with E-state index >= 15 is 0 Å². The van der Waals surface area contributed by atoms with Gasteiger partial charge in [0.15, 0.2) is 0 Å². The van der Waals surface area contributed by atoms with Crippen LogP contribution < -0.4 is 5.32 Å². The molecule has 0 aromatic carbocycles. The van der Waals surface area contributed by atoms with Crippen LogP contribution in [-0.4, -0.2) is 35.7 Å². The molecule has 1 N–H and O–H groups in total. The van der Waals surface area contributed by atoms with Gasteiger partial charge in [0.05, 0.1) is 0 Å². The number of carbonyl (C=O) groups excluding carboxylic acids is 3. The summed E-state index contributed by atoms with van der Waals surface area (Å²) in [7, 11) is 0. The minimum atomic E-state index is -0.628. The summed E-state index contributed by atoms with van der Waals surface area (Å²) in [6, 6.07) is 0. The van der Waals surface area contributed by atoms with Crippen molar-refractivity contribution in [1.29, 1.82) is 0 Å². The number of imide groups is 1. The molecule has 0 spiro atoms. The van der Waals surface area contributed by atoms with E-state index in [4.69, 9.17) is 0 Å². The third-order valence-electron chi connectivity index (χ3n) is 6.07. The normalized spacial score (nSPS) is 41.3. The lowest BCUT2D eigenvalue weighted by Gasteiger charge is -2.54. The number of hydrogen-bond donors (Lipinski definition) is 1. The minimum Gasteiger partial charge on any atom is -0.342 e. The van der Waals surface area contributed by atoms with Crippen molar-refractivity contribution >= 4 is 17.7 Å². The quantitative estimate of drug-likeness (QED) is 0.754. The molecular weight excluding hydrogens is 292 g/mol. The van der Waals surface area contributed by atoms with Gasteiger partial charge in [-0.3, -0.25) is 19.7 Å². The van der Waals surface area contributed by atoms with E-state index in [0.29, 0.717) is 19.3 Å². The van der Waals surface area contributed by atoms with Gasteiger partial charge in [-0.1, -0.05) is 33.6 Å². The maximum Gasteiger partial charge on any atom is 0.232 e. The molecule has 1 saturated carbocycles. The lowest BCUT2D eigenvalue weighted by molar-refractivity contribution is -0.167. The molecule has 2 saturated heterocycles. The van der Waals surface area contributed by atoms with E-state index in [-0.39, 0.29) is 17.7 Å². The standard InChI is InChI=1S/C18H28N2O3/c1-16-10-17(2,14(22)19-13(16)21)12-18(3,11-16)15(23)20-8-6-4-5-7-9-20/h4-12H2,1-3H3,(H,19,21,22). The van der Waals surface area contributed by atoms with Crippen molar-refractivity contribution in [3.63, 3.8) is 0 Å². The number of nitrogens with one attached hydrogen (secondary N) is 1. The third-order valence-corrected chi connectivity index (χ3v) is 6.07. The van der Waals surface area contributed by atoms with Crippen molar-refractivity contribution in [3.05, 3.63) is 0 Å². The number of likely N-dealkylation sites (tertiary alicyclic amines) is 1. The Morgan fingerprint density at radius 1 is 0.870 bits per heavy atom. The molecule has 2 aliphatic heterocycles. The van der Waals surface area contributed by atoms with E-state index in [9.17, 15) is 14.4 Å². The van der Waals surface area contributed by atoms with Crippen LogP contribution >= 0.6 is 0 Å². The van der Waals surface area contributed by atoms with Crippen LogP contribution in [0.5, 0.6) is 0 Å². The first-order valence-corrected chi connectivity index (χ1v) is 8.84. The second-order valence-corrected chi connectivity index (χ2v) is 8.70. The van der Waals surface area contributed by atoms with Crippen LogP contribution in [0, 0.1) is 16.2 Å². The molecular formula is C18H28N2O3. The molecule has 2 heterocycles. The first-order chi connectivity index (χ1) is 10.7. The van der Waals surface area contributed by atoms with Crippen molar-refractivity contribution in [1.82, 2.24) is 10.2 Å². The highest BCUT2D eigenvalue weighted by Crippen LogP contribution is 2.57. The Bertz CT molecular complexity index is 522. The van der Waals surface area contributed by atoms with Crippen LogP contribution in [0.25, 0.3) is 0 Å². The van der Waals surface area contributed by atoms with Crippen LogP contribution in [0.1, 0.15) is 65.7 Å². The largest absolute Gasteiger partial charge is 0.342 e. The van der Waals surface area contributed by atoms with E-state index < -0.39 is 16.2 Å². The van der Waals surface area contributed by atoms with Crippen LogP contribution in [0.4, 0.5) is 0 Å². The fourth-order valence-corrected chi connectivity index (χ4v) is 5.30. The third kappa shape index (κ3) is 2.68. The van der Waals surface area contributed by atoms with E-state index in [1.165, 1.54) is 12.8 Å². The topological polar surface area (TPSA) is 66.5 Å². The smallest absolute Gasteiger partial charge is 0.232 e. The average molecular weight is 320 g/mol. The summed E-state index contributed by atoms with van der Waals surface area (Å²) >= 11 is 0. The predicted molar refractivity (Wildman–Crippen MR) is 86.4 cm³/mol. The molecule has 2 bridgehead atoms. The summed E-state index contributed by atoms with van der Waals surface area (Å²) < 4.78 is 0. The number of rotatable bonds is 1. The second-order valence-electron chi connectivity index (χ2n) is 8.70. The van der Waals surface area contributed by atoms with Crippen molar-refractivity contribution < 1.29 is 14.4 Å². The molecule has 2 atom stereocenters. The number of nitrogens with zero attached hydrogens (tertiary/aromatic N) is 1. The van der Waals surface area contributed by atoms with Crippen molar-refractivity contribution in [2.45, 2.75) is 65.7 Å². The Morgan fingerprint density at radius 2 is 1.35 bits per heavy atom. The van der Waals surface area contributed by atoms with Crippen molar-refractivity contribution in [2.24, 2.45) is 16.2 Å². The molecule has 128 valence electrons. The number of carbonyl (C=O) groups is 3. The SMILES string of the molecule is CC12CC(C)(CC(C)(C(=O)N3CCCCCC3)C1)C(=O)NC2=O. The van der Waals surface area contributed by atoms with Crippen LogP contribution in [-0.2, 0) is 14.4 Å². The number of fused-ring (bicyclic) bond motifs is 2. The summed E-state index contributed by atoms with van der Waals surface area (Å²) in [6.45, 7) is 7.38. The molecule has 3 rings (SSSR count). The van der Waals surface area contributed by atoms with Gasteiger partial charge in [-0.25, -0.2) is 0 Å². The Labute approximate surface area is 138 Å². The van der Waals surface area contributed by atoms with E-state index in [1.54, 1.807) is 0 Å². The molecule has 3 amide bonds. The molecule has 23 heavy (non-hydrogen) atoms. The first-order valence-electron chi connectivity index (χ1n) is 8.84. The van der Waals surface area contributed by atoms with Crippen LogP contribution in [0.2, 0.25) is 0 Å². The highest BCUT2D eigenvalue weighted by molar-refractivity contribution is 6.04. The fraction of sp³-hybridized carbons (Fsp3) is 0.833. The lowest BCUT2D eigenvalue weighted by atomic mass is 9.52. The van der Waals surface area contributed by atoms with Gasteiger partial charge in [0.25, 0.3) is 0 Å². The minimum absolute atomic E-state index is 0.138. The van der Waals surface area contributed by atoms with Crippen LogP contribution in [0.15, 0.2) is 0 Å². The maximum absolute atomic E-state index is 13.2. The summed E-state index contributed by atoms with van der Waals surface area (Å²) in [5, 5.41) is 2.53. The highest BCUT2D eigenvalue weighted by atomic mass is 16.2. The summed E-state index contributed by atoms with van der Waals surface area (Å²) in [5.41, 5.74) is -1.88. The molecule has 5 heteroatoms. The summed E-state index contributed by atoms with van der Waals surface area (Å²) in [6.07, 6.45) is 6.07. The molecule has 0 aromatic rings. The molecule has 3 fully saturated rings. The molecule has 1 aliphatic carbocycles. The van der Waals surface area contributed by atoms with Gasteiger partial charge in [0.2, 0.25) is 17.7 Å². The molecule has 2 unspecified atom stereocenters. The van der Waals surface area contributed by atoms with E-state index in [1.807, 2.05) is 25.7 Å². The van der Waals surface area contributed by atoms with E-state index in [2.05, 4.69) is 5.32 Å². The molecule has 3 aliphatic rings. The monoisotopic (exact) mass is 320 g/mol. The zero-order chi connectivity index (χ0) is 16.9. The van der Waals surface area contributed by atoms with Gasteiger partial charge in [-0.15, -0.1) is 0 Å². The van der Waals surface area contributed by atoms with Gasteiger partial charge >= 0.3 is 0 Å². The van der Waals surface area contributed by atoms with Crippen LogP contribution in [0.3, 0.4) is 0 Å². The van der Waals surface area contributed by atoms with Gasteiger partial charge in [-0.05, 0) is 32.1 Å². The molecule has 0 radical (unpaired) electrons. The van der Waals surface area contributed by atoms with Gasteiger partial charge < -0.3 is 4.90 Å². The second kappa shape index (κ2) is 5.32. The first kappa shape index (κ1) is 16.5. The van der Waals surface area contributed by atoms with Crippen molar-refractivity contribution in [3.8, 4) is 0 Å². The molecule has 5 nitrogen and oxygen atoms in total.